The highest BCUT2D eigenvalue weighted by Crippen LogP contribution is 0.699. The molecule has 0 saturated carbocycles. The van der Waals surface area contributed by atoms with Crippen LogP contribution in [0, 0.1) is 7.43 Å². The van der Waals surface area contributed by atoms with Gasteiger partial charge in [0.15, 0.2) is 0 Å². The summed E-state index contributed by atoms with van der Waals surface area (Å²) < 4.78 is 0. The van der Waals surface area contributed by atoms with Gasteiger partial charge in [-0.25, -0.2) is 0 Å². The van der Waals surface area contributed by atoms with Crippen LogP contribution >= 0.6 is 124 Å². The molecule has 11 heavy (non-hydrogen) atoms. The lowest BCUT2D eigenvalue weighted by molar-refractivity contribution is 3.24. The van der Waals surface area contributed by atoms with Gasteiger partial charge in [0.05, 0.1) is 0 Å². The summed E-state index contributed by atoms with van der Waals surface area (Å²) in [6, 6.07) is 0. The maximum Gasteiger partial charge on any atom is -0.0533 e. The van der Waals surface area contributed by atoms with Gasteiger partial charge in [0, 0.05) is 0 Å². The third-order valence-corrected chi connectivity index (χ3v) is 0. The predicted octanol–water partition coefficient (Wildman–Crippen LogP) is 4.55. The van der Waals surface area contributed by atoms with Gasteiger partial charge in [-0.05, 0) is 0 Å². The quantitative estimate of drug-likeness (QED) is 0.580. The molecule has 0 amide bonds. The first-order valence-corrected chi connectivity index (χ1v) is 0. The molecule has 0 saturated heterocycles. The van der Waals surface area contributed by atoms with Crippen molar-refractivity contribution in [3.05, 3.63) is 7.43 Å². The molecule has 0 bridgehead atoms. The average Bonchev–Trinajstić information content (AvgIpc) is 0. The summed E-state index contributed by atoms with van der Waals surface area (Å²) in [6.45, 7) is 0. The first-order valence-electron chi connectivity index (χ1n) is 0. The van der Waals surface area contributed by atoms with E-state index in [1.165, 1.54) is 0 Å². The normalized spacial score (nSPS) is 0. The Morgan fingerprint density at radius 1 is 0.182 bits per heavy atom. The lowest BCUT2D eigenvalue weighted by atomic mass is 12.0. The van der Waals surface area contributed by atoms with Gasteiger partial charge in [-0.15, -0.1) is 124 Å². The van der Waals surface area contributed by atoms with Crippen LogP contribution in [0.5, 0.6) is 0 Å². The average molecular weight is 379 g/mol. The minimum absolute atomic E-state index is 0. The van der Waals surface area contributed by atoms with Gasteiger partial charge >= 0.3 is 0 Å². The number of halogens is 10. The van der Waals surface area contributed by atoms with Crippen molar-refractivity contribution in [1.29, 1.82) is 0 Å². The Kier molecular flexibility index (Phi) is 5430. The summed E-state index contributed by atoms with van der Waals surface area (Å²) in [5.74, 6) is 0. The molecule has 0 spiro atoms. The van der Waals surface area contributed by atoms with Crippen molar-refractivity contribution in [2.75, 3.05) is 0 Å². The van der Waals surface area contributed by atoms with Crippen LogP contribution in [-0.4, -0.2) is 0 Å². The van der Waals surface area contributed by atoms with Crippen molar-refractivity contribution < 1.29 is 0 Å². The van der Waals surface area contributed by atoms with E-state index >= 15 is 0 Å². The van der Waals surface area contributed by atoms with Crippen LogP contribution in [0.3, 0.4) is 0 Å². The van der Waals surface area contributed by atoms with E-state index in [-0.39, 0.29) is 131 Å². The molecule has 86 valence electrons. The maximum atomic E-state index is 0. The van der Waals surface area contributed by atoms with Crippen molar-refractivity contribution in [2.45, 2.75) is 0 Å². The molecule has 10 heteroatoms. The first kappa shape index (κ1) is 275. The Balaban J connectivity index is 0. The summed E-state index contributed by atoms with van der Waals surface area (Å²) in [6.07, 6.45) is 0. The lowest BCUT2D eigenvalue weighted by Gasteiger charge is -0.148. The second-order valence-corrected chi connectivity index (χ2v) is 0. The zero-order valence-electron chi connectivity index (χ0n) is 4.79. The molecular formula is CH12Cl10. The molecule has 0 aromatic rings. The second kappa shape index (κ2) is 217. The largest absolute Gasteiger partial charge is 0.147 e. The standard InChI is InChI=1S/CH2.10ClH/h1H2;10*1H. The van der Waals surface area contributed by atoms with E-state index in [9.17, 15) is 0 Å². The molecule has 0 fully saturated rings. The third kappa shape index (κ3) is 182. The SMILES string of the molecule is Cl.Cl.Cl.Cl.Cl.Cl.Cl.Cl.Cl.Cl.[CH2]. The van der Waals surface area contributed by atoms with Crippen LogP contribution in [0.2, 0.25) is 0 Å². The number of hydrogen-bond acceptors (Lipinski definition) is 0. The summed E-state index contributed by atoms with van der Waals surface area (Å²) >= 11 is 0. The number of rotatable bonds is 0. The fourth-order valence-electron chi connectivity index (χ4n) is 0. The fraction of sp³-hybridized carbons (Fsp3) is 0. The molecule has 0 aromatic carbocycles. The van der Waals surface area contributed by atoms with Crippen molar-refractivity contribution in [3.63, 3.8) is 0 Å². The highest BCUT2D eigenvalue weighted by atomic mass is 35.5. The van der Waals surface area contributed by atoms with E-state index in [0.29, 0.717) is 0 Å². The van der Waals surface area contributed by atoms with Gasteiger partial charge < -0.3 is 0 Å². The Morgan fingerprint density at radius 2 is 0.182 bits per heavy atom. The van der Waals surface area contributed by atoms with Crippen LogP contribution < -0.4 is 0 Å². The van der Waals surface area contributed by atoms with Crippen LogP contribution in [0.1, 0.15) is 0 Å². The minimum Gasteiger partial charge on any atom is -0.147 e. The van der Waals surface area contributed by atoms with Crippen LogP contribution in [0.25, 0.3) is 0 Å². The molecule has 0 rings (SSSR count). The molecule has 0 aliphatic carbocycles. The van der Waals surface area contributed by atoms with Crippen LogP contribution in [-0.2, 0) is 0 Å². The fourth-order valence-corrected chi connectivity index (χ4v) is 0. The van der Waals surface area contributed by atoms with Gasteiger partial charge in [-0.3, -0.25) is 0 Å². The summed E-state index contributed by atoms with van der Waals surface area (Å²) in [4.78, 5) is 0. The van der Waals surface area contributed by atoms with E-state index in [1.54, 1.807) is 0 Å². The monoisotopic (exact) mass is 374 g/mol. The molecule has 0 N–H and O–H groups in total. The maximum absolute atomic E-state index is 0. The van der Waals surface area contributed by atoms with Crippen molar-refractivity contribution in [3.8, 4) is 0 Å². The van der Waals surface area contributed by atoms with E-state index in [4.69, 9.17) is 0 Å². The Hall–Kier alpha value is 2.90. The van der Waals surface area contributed by atoms with Gasteiger partial charge in [0.2, 0.25) is 0 Å². The van der Waals surface area contributed by atoms with Crippen molar-refractivity contribution in [2.24, 2.45) is 0 Å². The Labute approximate surface area is 130 Å². The van der Waals surface area contributed by atoms with Gasteiger partial charge in [0.1, 0.15) is 0 Å². The highest BCUT2D eigenvalue weighted by Gasteiger charge is -0.0532. The predicted molar refractivity (Wildman–Crippen MR) is 77.8 cm³/mol. The van der Waals surface area contributed by atoms with Crippen molar-refractivity contribution >= 4 is 124 Å². The van der Waals surface area contributed by atoms with Crippen molar-refractivity contribution in [1.82, 2.24) is 0 Å². The topological polar surface area (TPSA) is 0 Å². The zero-order valence-corrected chi connectivity index (χ0v) is 13.0. The molecule has 0 aliphatic rings. The lowest BCUT2D eigenvalue weighted by Crippen LogP contribution is 0.0813. The smallest absolute Gasteiger partial charge is 0.0533 e. The Bertz CT molecular complexity index is 4.83. The van der Waals surface area contributed by atoms with Crippen LogP contribution in [0.15, 0.2) is 0 Å². The van der Waals surface area contributed by atoms with E-state index in [1.807, 2.05) is 0 Å². The van der Waals surface area contributed by atoms with E-state index in [2.05, 4.69) is 0 Å². The summed E-state index contributed by atoms with van der Waals surface area (Å²) in [5.41, 5.74) is 0. The van der Waals surface area contributed by atoms with E-state index < -0.39 is 0 Å². The van der Waals surface area contributed by atoms with E-state index in [0.717, 1.165) is 0 Å². The molecule has 0 atom stereocenters. The highest BCUT2D eigenvalue weighted by molar-refractivity contribution is 5.86. The van der Waals surface area contributed by atoms with Crippen LogP contribution in [0.4, 0.5) is 0 Å². The minimum atomic E-state index is 0. The third-order valence-electron chi connectivity index (χ3n) is 0. The molecule has 0 nitrogen and oxygen atoms in total. The molecule has 0 unspecified atom stereocenters. The second-order valence-electron chi connectivity index (χ2n) is 0. The summed E-state index contributed by atoms with van der Waals surface area (Å²) in [7, 11) is 0. The Morgan fingerprint density at radius 3 is 0.182 bits per heavy atom. The van der Waals surface area contributed by atoms with Gasteiger partial charge in [0.25, 0.3) is 0 Å². The zero-order chi connectivity index (χ0) is 0. The molecule has 0 heterocycles. The summed E-state index contributed by atoms with van der Waals surface area (Å²) in [5, 5.41) is 0. The molecule has 2 radical (unpaired) electrons. The molecule has 0 aromatic heterocycles. The van der Waals surface area contributed by atoms with Gasteiger partial charge in [-0.2, -0.15) is 0 Å². The number of hydrogen-bond donors (Lipinski definition) is 0. The van der Waals surface area contributed by atoms with Gasteiger partial charge in [-0.1, -0.05) is 7.43 Å². The molecule has 0 aliphatic heterocycles. The first-order chi connectivity index (χ1) is 0. The molecular weight excluding hydrogens is 367 g/mol.